The average Bonchev–Trinajstić information content (AvgIpc) is 2.49. The Labute approximate surface area is 168 Å². The number of quaternary nitrogens is 1. The van der Waals surface area contributed by atoms with Gasteiger partial charge in [0.25, 0.3) is 0 Å². The van der Waals surface area contributed by atoms with Crippen molar-refractivity contribution in [2.75, 3.05) is 33.0 Å². The van der Waals surface area contributed by atoms with Crippen LogP contribution in [0.3, 0.4) is 0 Å². The van der Waals surface area contributed by atoms with Crippen molar-refractivity contribution < 1.29 is 16.9 Å². The van der Waals surface area contributed by atoms with Gasteiger partial charge in [0.15, 0.2) is 0 Å². The smallest absolute Gasteiger partial charge is 0.0780 e. The van der Waals surface area contributed by atoms with Gasteiger partial charge in [-0.15, -0.1) is 0 Å². The first-order valence-electron chi connectivity index (χ1n) is 10.4. The molecule has 0 saturated carbocycles. The van der Waals surface area contributed by atoms with E-state index in [9.17, 15) is 0 Å². The Morgan fingerprint density at radius 2 is 0.708 bits per heavy atom. The summed E-state index contributed by atoms with van der Waals surface area (Å²) in [5.74, 6) is 0. The second kappa shape index (κ2) is 20.0. The molecule has 0 atom stereocenters. The maximum Gasteiger partial charge on any atom is 0.0780 e. The molecule has 0 aromatic rings. The lowest BCUT2D eigenvalue weighted by Gasteiger charge is -2.23. The molecule has 0 fully saturated rings. The molecule has 148 valence electrons. The molecule has 0 aromatic carbocycles. The summed E-state index contributed by atoms with van der Waals surface area (Å²) in [5.41, 5.74) is 0. The van der Waals surface area contributed by atoms with Crippen molar-refractivity contribution in [3.05, 3.63) is 0 Å². The van der Waals surface area contributed by atoms with Crippen molar-refractivity contribution in [3.8, 4) is 0 Å². The third kappa shape index (κ3) is 25.0. The second-order valence-corrected chi connectivity index (χ2v) is 9.15. The van der Waals surface area contributed by atoms with Crippen LogP contribution in [0.25, 0.3) is 0 Å². The third-order valence-corrected chi connectivity index (χ3v) is 5.27. The highest BCUT2D eigenvalue weighted by atomic mass is 79.9. The van der Waals surface area contributed by atoms with Crippen molar-refractivity contribution in [3.63, 3.8) is 0 Å². The molecule has 0 amide bonds. The lowest BCUT2D eigenvalue weighted by molar-refractivity contribution is -0.870. The van der Waals surface area contributed by atoms with Gasteiger partial charge in [-0.1, -0.05) is 99.4 Å². The van der Waals surface area contributed by atoms with Gasteiger partial charge in [-0.2, -0.15) is 0 Å². The predicted molar refractivity (Wildman–Crippen MR) is 111 cm³/mol. The maximum absolute atomic E-state index is 3.50. The van der Waals surface area contributed by atoms with E-state index in [2.05, 4.69) is 37.1 Å². The van der Waals surface area contributed by atoms with Crippen LogP contribution in [0.2, 0.25) is 0 Å². The lowest BCUT2D eigenvalue weighted by atomic mass is 10.0. The highest BCUT2D eigenvalue weighted by Crippen LogP contribution is 2.14. The lowest BCUT2D eigenvalue weighted by Crippen LogP contribution is -3.00. The Kier molecular flexibility index (Phi) is 22.5. The molecule has 1 nitrogen and oxygen atoms in total. The van der Waals surface area contributed by atoms with E-state index in [1.165, 1.54) is 115 Å². The van der Waals surface area contributed by atoms with Gasteiger partial charge in [0.1, 0.15) is 0 Å². The van der Waals surface area contributed by atoms with Gasteiger partial charge in [-0.05, 0) is 19.3 Å². The number of halogens is 2. The number of hydrogen-bond donors (Lipinski definition) is 0. The molecule has 24 heavy (non-hydrogen) atoms. The van der Waals surface area contributed by atoms with Crippen LogP contribution in [-0.2, 0) is 0 Å². The predicted octanol–water partition coefficient (Wildman–Crippen LogP) is 4.33. The van der Waals surface area contributed by atoms with Crippen LogP contribution in [0.5, 0.6) is 0 Å². The van der Waals surface area contributed by atoms with Crippen LogP contribution in [-0.4, -0.2) is 37.5 Å². The van der Waals surface area contributed by atoms with Gasteiger partial charge < -0.3 is 16.9 Å². The molecule has 0 bridgehead atoms. The highest BCUT2D eigenvalue weighted by molar-refractivity contribution is 9.09. The van der Waals surface area contributed by atoms with Crippen molar-refractivity contribution in [2.24, 2.45) is 0 Å². The summed E-state index contributed by atoms with van der Waals surface area (Å²) >= 11 is 3.50. The first-order valence-corrected chi connectivity index (χ1v) is 11.5. The highest BCUT2D eigenvalue weighted by Gasteiger charge is 2.04. The second-order valence-electron chi connectivity index (χ2n) is 8.36. The molecule has 0 rings (SSSR count). The molecule has 0 N–H and O–H groups in total. The third-order valence-electron chi connectivity index (χ3n) is 4.71. The minimum Gasteiger partial charge on any atom is -1.00 e. The van der Waals surface area contributed by atoms with Crippen LogP contribution >= 0.6 is 15.9 Å². The van der Waals surface area contributed by atoms with Crippen LogP contribution < -0.4 is 12.4 Å². The zero-order chi connectivity index (χ0) is 17.2. The number of hydrogen-bond acceptors (Lipinski definition) is 0. The summed E-state index contributed by atoms with van der Waals surface area (Å²) in [4.78, 5) is 0. The minimum atomic E-state index is 0. The quantitative estimate of drug-likeness (QED) is 0.174. The zero-order valence-electron chi connectivity index (χ0n) is 16.9. The number of unbranched alkanes of at least 4 members (excludes halogenated alkanes) is 15. The SMILES string of the molecule is C[N+](C)(C)CCCCCCCCCCCCCCCCCCBr.[Cl-]. The molecular weight excluding hydrogens is 382 g/mol. The Bertz CT molecular complexity index is 228. The first kappa shape index (κ1) is 27.0. The molecule has 0 aliphatic carbocycles. The molecule has 3 heteroatoms. The van der Waals surface area contributed by atoms with Crippen molar-refractivity contribution in [1.29, 1.82) is 0 Å². The molecule has 0 aliphatic heterocycles. The van der Waals surface area contributed by atoms with Crippen LogP contribution in [0, 0.1) is 0 Å². The van der Waals surface area contributed by atoms with Crippen LogP contribution in [0.4, 0.5) is 0 Å². The Morgan fingerprint density at radius 1 is 0.458 bits per heavy atom. The Hall–Kier alpha value is 0.730. The molecule has 0 aromatic heterocycles. The summed E-state index contributed by atoms with van der Waals surface area (Å²) in [6.07, 6.45) is 23.2. The van der Waals surface area contributed by atoms with E-state index in [-0.39, 0.29) is 12.4 Å². The molecule has 0 unspecified atom stereocenters. The molecule has 0 aliphatic rings. The van der Waals surface area contributed by atoms with Gasteiger partial charge >= 0.3 is 0 Å². The minimum absolute atomic E-state index is 0. The standard InChI is InChI=1S/C21H45BrN.ClH/c1-23(2,3)21-19-17-15-13-11-9-7-5-4-6-8-10-12-14-16-18-20-22;/h4-21H2,1-3H3;1H/q+1;/p-1. The normalized spacial score (nSPS) is 11.5. The van der Waals surface area contributed by atoms with Gasteiger partial charge in [0.2, 0.25) is 0 Å². The summed E-state index contributed by atoms with van der Waals surface area (Å²) < 4.78 is 1.12. The van der Waals surface area contributed by atoms with Crippen molar-refractivity contribution in [1.82, 2.24) is 0 Å². The summed E-state index contributed by atoms with van der Waals surface area (Å²) in [6, 6.07) is 0. The summed E-state index contributed by atoms with van der Waals surface area (Å²) in [6.45, 7) is 1.33. The van der Waals surface area contributed by atoms with E-state index in [4.69, 9.17) is 0 Å². The van der Waals surface area contributed by atoms with Gasteiger partial charge in [-0.3, -0.25) is 0 Å². The monoisotopic (exact) mass is 425 g/mol. The largest absolute Gasteiger partial charge is 1.00 e. The topological polar surface area (TPSA) is 0 Å². The molecule has 0 heterocycles. The van der Waals surface area contributed by atoms with E-state index >= 15 is 0 Å². The van der Waals surface area contributed by atoms with E-state index < -0.39 is 0 Å². The number of rotatable bonds is 18. The fourth-order valence-electron chi connectivity index (χ4n) is 3.16. The molecule has 0 saturated heterocycles. The fraction of sp³-hybridized carbons (Fsp3) is 1.00. The Morgan fingerprint density at radius 3 is 0.958 bits per heavy atom. The number of nitrogens with zero attached hydrogens (tertiary/aromatic N) is 1. The van der Waals surface area contributed by atoms with Crippen molar-refractivity contribution in [2.45, 2.75) is 103 Å². The zero-order valence-corrected chi connectivity index (χ0v) is 19.3. The van der Waals surface area contributed by atoms with Gasteiger partial charge in [0, 0.05) is 5.33 Å². The van der Waals surface area contributed by atoms with Crippen LogP contribution in [0.15, 0.2) is 0 Å². The Balaban J connectivity index is 0. The van der Waals surface area contributed by atoms with Crippen molar-refractivity contribution >= 4 is 15.9 Å². The fourth-order valence-corrected chi connectivity index (χ4v) is 3.55. The average molecular weight is 427 g/mol. The maximum atomic E-state index is 3.50. The van der Waals surface area contributed by atoms with Gasteiger partial charge in [0.05, 0.1) is 27.7 Å². The molecular formula is C21H45BrClN. The first-order chi connectivity index (χ1) is 11.1. The molecule has 0 radical (unpaired) electrons. The summed E-state index contributed by atoms with van der Waals surface area (Å²) in [7, 11) is 6.89. The van der Waals surface area contributed by atoms with E-state index in [1.54, 1.807) is 0 Å². The number of alkyl halides is 1. The van der Waals surface area contributed by atoms with Crippen LogP contribution in [0.1, 0.15) is 103 Å². The van der Waals surface area contributed by atoms with E-state index in [0.29, 0.717) is 0 Å². The van der Waals surface area contributed by atoms with E-state index in [0.717, 1.165) is 4.48 Å². The van der Waals surface area contributed by atoms with E-state index in [1.807, 2.05) is 0 Å². The molecule has 0 spiro atoms. The van der Waals surface area contributed by atoms with Gasteiger partial charge in [-0.25, -0.2) is 0 Å². The summed E-state index contributed by atoms with van der Waals surface area (Å²) in [5, 5.41) is 1.18.